The van der Waals surface area contributed by atoms with Gasteiger partial charge in [-0.2, -0.15) is 8.42 Å². The summed E-state index contributed by atoms with van der Waals surface area (Å²) in [6.07, 6.45) is 1.57. The van der Waals surface area contributed by atoms with E-state index in [1.807, 2.05) is 6.92 Å². The second-order valence-electron chi connectivity index (χ2n) is 6.03. The van der Waals surface area contributed by atoms with Crippen molar-refractivity contribution in [2.75, 3.05) is 24.7 Å². The van der Waals surface area contributed by atoms with E-state index in [1.165, 1.54) is 29.5 Å². The molecule has 11 nitrogen and oxygen atoms in total. The fourth-order valence-corrected chi connectivity index (χ4v) is 5.50. The molecule has 3 aromatic rings. The molecule has 2 heterocycles. The zero-order chi connectivity index (χ0) is 22.1. The predicted octanol–water partition coefficient (Wildman–Crippen LogP) is 1.52. The van der Waals surface area contributed by atoms with Crippen LogP contribution in [-0.2, 0) is 20.2 Å². The first-order chi connectivity index (χ1) is 14.0. The number of benzene rings is 1. The minimum atomic E-state index is -4.43. The number of aryl methyl sites for hydroxylation is 1. The Hall–Kier alpha value is -2.65. The average Bonchev–Trinajstić information content (AvgIpc) is 3.08. The summed E-state index contributed by atoms with van der Waals surface area (Å²) in [7, 11) is -6.12. The third-order valence-corrected chi connectivity index (χ3v) is 8.64. The summed E-state index contributed by atoms with van der Waals surface area (Å²) >= 11 is 1.45. The molecule has 0 unspecified atom stereocenters. The summed E-state index contributed by atoms with van der Waals surface area (Å²) in [6, 6.07) is 7.34. The molecule has 2 aromatic heterocycles. The van der Waals surface area contributed by atoms with Crippen molar-refractivity contribution in [3.8, 4) is 10.6 Å². The number of sulfonamides is 1. The summed E-state index contributed by atoms with van der Waals surface area (Å²) in [6.45, 7) is 1.87. The Morgan fingerprint density at radius 2 is 1.87 bits per heavy atom. The van der Waals surface area contributed by atoms with Crippen LogP contribution in [0.4, 0.5) is 16.8 Å². The summed E-state index contributed by atoms with van der Waals surface area (Å²) < 4.78 is 47.9. The summed E-state index contributed by atoms with van der Waals surface area (Å²) in [5.74, 6) is 0.237. The number of hydrogen-bond donors (Lipinski definition) is 3. The monoisotopic (exact) mass is 469 g/mol. The minimum Gasteiger partial charge on any atom is -0.365 e. The van der Waals surface area contributed by atoms with Crippen molar-refractivity contribution in [3.63, 3.8) is 0 Å². The Kier molecular flexibility index (Phi) is 6.05. The van der Waals surface area contributed by atoms with Gasteiger partial charge in [-0.1, -0.05) is 21.1 Å². The van der Waals surface area contributed by atoms with Crippen LogP contribution < -0.4 is 15.8 Å². The largest absolute Gasteiger partial charge is 0.365 e. The Labute approximate surface area is 178 Å². The first-order valence-corrected chi connectivity index (χ1v) is 12.2. The number of anilines is 3. The van der Waals surface area contributed by atoms with Crippen molar-refractivity contribution in [2.45, 2.75) is 11.8 Å². The molecule has 1 aromatic carbocycles. The van der Waals surface area contributed by atoms with Crippen LogP contribution in [0.15, 0.2) is 41.4 Å². The molecule has 14 heteroatoms. The van der Waals surface area contributed by atoms with Crippen LogP contribution in [0.25, 0.3) is 10.6 Å². The van der Waals surface area contributed by atoms with Crippen molar-refractivity contribution in [2.24, 2.45) is 5.14 Å². The van der Waals surface area contributed by atoms with Crippen molar-refractivity contribution in [3.05, 3.63) is 42.2 Å². The lowest BCUT2D eigenvalue weighted by atomic mass is 10.3. The van der Waals surface area contributed by atoms with E-state index >= 15 is 0 Å². The molecule has 30 heavy (non-hydrogen) atoms. The van der Waals surface area contributed by atoms with E-state index in [0.29, 0.717) is 11.4 Å². The highest BCUT2D eigenvalue weighted by Gasteiger charge is 2.29. The van der Waals surface area contributed by atoms with Gasteiger partial charge in [0.15, 0.2) is 5.13 Å². The van der Waals surface area contributed by atoms with Gasteiger partial charge < -0.3 is 10.6 Å². The summed E-state index contributed by atoms with van der Waals surface area (Å²) in [5.41, 5.74) is 1.82. The maximum atomic E-state index is 12.5. The third kappa shape index (κ3) is 4.57. The molecule has 0 amide bonds. The van der Waals surface area contributed by atoms with Gasteiger partial charge >= 0.3 is 0 Å². The first kappa shape index (κ1) is 22.0. The van der Waals surface area contributed by atoms with Gasteiger partial charge in [-0.25, -0.2) is 28.5 Å². The van der Waals surface area contributed by atoms with Gasteiger partial charge in [0.1, 0.15) is 0 Å². The predicted molar refractivity (Wildman–Crippen MR) is 115 cm³/mol. The molecule has 0 aliphatic carbocycles. The third-order valence-electron chi connectivity index (χ3n) is 3.98. The minimum absolute atomic E-state index is 0.113. The van der Waals surface area contributed by atoms with E-state index in [9.17, 15) is 16.8 Å². The molecule has 0 saturated heterocycles. The molecule has 3 rings (SSSR count). The second kappa shape index (κ2) is 8.23. The van der Waals surface area contributed by atoms with Gasteiger partial charge in [0.2, 0.25) is 5.95 Å². The van der Waals surface area contributed by atoms with Gasteiger partial charge in [-0.3, -0.25) is 0 Å². The van der Waals surface area contributed by atoms with E-state index in [-0.39, 0.29) is 14.6 Å². The number of nitrogens with zero attached hydrogens (tertiary/aromatic N) is 4. The number of hydrogen-bond acceptors (Lipinski definition) is 10. The normalized spacial score (nSPS) is 12.2. The quantitative estimate of drug-likeness (QED) is 0.466. The highest BCUT2D eigenvalue weighted by atomic mass is 32.3. The molecule has 0 atom stereocenters. The molecule has 0 radical (unpaired) electrons. The molecule has 0 spiro atoms. The molecule has 0 aliphatic heterocycles. The SMILES string of the molecule is CNc1nc(C)c(-c2ccnc(Nc3cccc(S(=O)(=O)N(C)S(N)(=O)=O)c3)n2)s1. The van der Waals surface area contributed by atoms with Gasteiger partial charge in [0.05, 0.1) is 21.2 Å². The summed E-state index contributed by atoms with van der Waals surface area (Å²) in [5, 5.41) is 11.6. The molecular formula is C16H19N7O4S3. The van der Waals surface area contributed by atoms with Gasteiger partial charge in [0.25, 0.3) is 20.2 Å². The molecule has 0 fully saturated rings. The molecule has 0 aliphatic rings. The van der Waals surface area contributed by atoms with Crippen LogP contribution in [0, 0.1) is 6.92 Å². The van der Waals surface area contributed by atoms with Crippen molar-refractivity contribution >= 4 is 48.3 Å². The second-order valence-corrected chi connectivity index (χ2v) is 10.8. The van der Waals surface area contributed by atoms with E-state index < -0.39 is 20.2 Å². The van der Waals surface area contributed by atoms with Crippen molar-refractivity contribution in [1.29, 1.82) is 0 Å². The average molecular weight is 470 g/mol. The molecule has 0 saturated carbocycles. The lowest BCUT2D eigenvalue weighted by Crippen LogP contribution is -2.38. The van der Waals surface area contributed by atoms with Crippen LogP contribution in [0.2, 0.25) is 0 Å². The summed E-state index contributed by atoms with van der Waals surface area (Å²) in [4.78, 5) is 13.6. The standard InChI is InChI=1S/C16H19N7O4S3/c1-10-14(28-16(18-2)20-10)13-7-8-19-15(22-13)21-11-5-4-6-12(9-11)29(24,25)23(3)30(17,26)27/h4-9H,1-3H3,(H,18,20)(H2,17,26,27)(H,19,21,22). The Morgan fingerprint density at radius 1 is 1.13 bits per heavy atom. The maximum Gasteiger partial charge on any atom is 0.290 e. The van der Waals surface area contributed by atoms with Gasteiger partial charge in [-0.05, 0) is 31.2 Å². The first-order valence-electron chi connectivity index (χ1n) is 8.40. The van der Waals surface area contributed by atoms with Crippen molar-refractivity contribution in [1.82, 2.24) is 18.7 Å². The fourth-order valence-electron chi connectivity index (χ4n) is 2.44. The lowest BCUT2D eigenvalue weighted by molar-refractivity contribution is 0.527. The van der Waals surface area contributed by atoms with E-state index in [2.05, 4.69) is 25.6 Å². The fraction of sp³-hybridized carbons (Fsp3) is 0.188. The number of rotatable bonds is 7. The zero-order valence-electron chi connectivity index (χ0n) is 16.2. The van der Waals surface area contributed by atoms with E-state index in [1.54, 1.807) is 25.4 Å². The zero-order valence-corrected chi connectivity index (χ0v) is 18.6. The number of nitrogens with one attached hydrogen (secondary N) is 2. The lowest BCUT2D eigenvalue weighted by Gasteiger charge is -2.15. The molecule has 4 N–H and O–H groups in total. The van der Waals surface area contributed by atoms with E-state index in [4.69, 9.17) is 5.14 Å². The van der Waals surface area contributed by atoms with Crippen LogP contribution >= 0.6 is 11.3 Å². The highest BCUT2D eigenvalue weighted by molar-refractivity contribution is 8.03. The molecule has 160 valence electrons. The van der Waals surface area contributed by atoms with Gasteiger partial charge in [-0.15, -0.1) is 0 Å². The number of thiazole rings is 1. The Balaban J connectivity index is 1.91. The van der Waals surface area contributed by atoms with Gasteiger partial charge in [0, 0.05) is 26.0 Å². The Bertz CT molecular complexity index is 1290. The maximum absolute atomic E-state index is 12.5. The molecular weight excluding hydrogens is 450 g/mol. The highest BCUT2D eigenvalue weighted by Crippen LogP contribution is 2.31. The van der Waals surface area contributed by atoms with Crippen LogP contribution in [-0.4, -0.2) is 49.6 Å². The van der Waals surface area contributed by atoms with Crippen molar-refractivity contribution < 1.29 is 16.8 Å². The molecule has 0 bridgehead atoms. The van der Waals surface area contributed by atoms with Crippen LogP contribution in [0.1, 0.15) is 5.69 Å². The van der Waals surface area contributed by atoms with Crippen LogP contribution in [0.5, 0.6) is 0 Å². The Morgan fingerprint density at radius 3 is 2.50 bits per heavy atom. The van der Waals surface area contributed by atoms with E-state index in [0.717, 1.165) is 22.8 Å². The number of nitrogens with two attached hydrogens (primary N) is 1. The smallest absolute Gasteiger partial charge is 0.290 e. The number of aromatic nitrogens is 3. The van der Waals surface area contributed by atoms with Crippen LogP contribution in [0.3, 0.4) is 0 Å². The topological polar surface area (TPSA) is 160 Å².